The lowest BCUT2D eigenvalue weighted by molar-refractivity contribution is -0.188. The summed E-state index contributed by atoms with van der Waals surface area (Å²) in [6, 6.07) is 0. The number of carbonyl (C=O) groups excluding carboxylic acids is 1. The first-order valence-electron chi connectivity index (χ1n) is 6.31. The van der Waals surface area contributed by atoms with Crippen molar-refractivity contribution in [3.05, 3.63) is 0 Å². The molecule has 104 valence electrons. The molecule has 1 heterocycles. The molecule has 18 heavy (non-hydrogen) atoms. The molecule has 0 aliphatic carbocycles. The van der Waals surface area contributed by atoms with Crippen molar-refractivity contribution in [2.75, 3.05) is 13.1 Å². The minimum Gasteiger partial charge on any atom is -0.481 e. The first-order valence-corrected chi connectivity index (χ1v) is 6.31. The molecule has 0 bridgehead atoms. The monoisotopic (exact) mass is 257 g/mol. The number of carboxylic acids is 1. The van der Waals surface area contributed by atoms with Crippen LogP contribution in [-0.4, -0.2) is 46.2 Å². The van der Waals surface area contributed by atoms with Crippen LogP contribution in [0, 0.1) is 0 Å². The third kappa shape index (κ3) is 4.64. The smallest absolute Gasteiger partial charge is 0.303 e. The fourth-order valence-corrected chi connectivity index (χ4v) is 2.51. The lowest BCUT2D eigenvalue weighted by atomic mass is 9.98. The zero-order valence-corrected chi connectivity index (χ0v) is 11.7. The number of aliphatic carboxylic acids is 1. The maximum Gasteiger partial charge on any atom is 0.303 e. The molecule has 1 amide bonds. The van der Waals surface area contributed by atoms with Gasteiger partial charge in [0.25, 0.3) is 0 Å². The molecular weight excluding hydrogens is 234 g/mol. The fourth-order valence-electron chi connectivity index (χ4n) is 2.51. The first-order chi connectivity index (χ1) is 8.11. The lowest BCUT2D eigenvalue weighted by Gasteiger charge is -2.47. The highest BCUT2D eigenvalue weighted by Crippen LogP contribution is 2.28. The molecular formula is C13H23NO4. The van der Waals surface area contributed by atoms with Gasteiger partial charge in [0, 0.05) is 25.9 Å². The summed E-state index contributed by atoms with van der Waals surface area (Å²) in [5.41, 5.74) is -0.714. The second-order valence-electron chi connectivity index (χ2n) is 6.12. The number of carbonyl (C=O) groups is 2. The molecule has 1 N–H and O–H groups in total. The molecule has 1 fully saturated rings. The van der Waals surface area contributed by atoms with E-state index >= 15 is 0 Å². The van der Waals surface area contributed by atoms with E-state index in [0.29, 0.717) is 25.9 Å². The van der Waals surface area contributed by atoms with E-state index in [-0.39, 0.29) is 23.5 Å². The molecule has 1 aliphatic heterocycles. The minimum atomic E-state index is -0.856. The summed E-state index contributed by atoms with van der Waals surface area (Å²) in [7, 11) is 0. The summed E-state index contributed by atoms with van der Waals surface area (Å²) < 4.78 is 5.90. The molecule has 0 atom stereocenters. The number of rotatable bonds is 4. The Morgan fingerprint density at radius 1 is 1.11 bits per heavy atom. The Morgan fingerprint density at radius 2 is 1.61 bits per heavy atom. The quantitative estimate of drug-likeness (QED) is 0.831. The van der Waals surface area contributed by atoms with Gasteiger partial charge in [-0.15, -0.1) is 0 Å². The molecule has 0 aromatic carbocycles. The van der Waals surface area contributed by atoms with Crippen molar-refractivity contribution >= 4 is 11.9 Å². The van der Waals surface area contributed by atoms with E-state index in [1.165, 1.54) is 0 Å². The molecule has 0 radical (unpaired) electrons. The van der Waals surface area contributed by atoms with Crippen molar-refractivity contribution in [3.63, 3.8) is 0 Å². The van der Waals surface area contributed by atoms with Crippen molar-refractivity contribution < 1.29 is 19.4 Å². The zero-order valence-electron chi connectivity index (χ0n) is 11.7. The molecule has 0 unspecified atom stereocenters. The van der Waals surface area contributed by atoms with Crippen LogP contribution in [0.4, 0.5) is 0 Å². The Labute approximate surface area is 108 Å². The predicted molar refractivity (Wildman–Crippen MR) is 67.3 cm³/mol. The Kier molecular flexibility index (Phi) is 4.37. The maximum atomic E-state index is 12.0. The molecule has 0 spiro atoms. The molecule has 1 saturated heterocycles. The highest BCUT2D eigenvalue weighted by atomic mass is 16.5. The van der Waals surface area contributed by atoms with Crippen molar-refractivity contribution in [3.8, 4) is 0 Å². The van der Waals surface area contributed by atoms with Crippen LogP contribution in [0.3, 0.4) is 0 Å². The lowest BCUT2D eigenvalue weighted by Crippen LogP contribution is -2.58. The third-order valence-corrected chi connectivity index (χ3v) is 2.83. The Bertz CT molecular complexity index is 320. The van der Waals surface area contributed by atoms with E-state index in [1.807, 2.05) is 27.7 Å². The summed E-state index contributed by atoms with van der Waals surface area (Å²) in [5.74, 6) is -0.842. The second kappa shape index (κ2) is 5.26. The standard InChI is InChI=1S/C13H23NO4/c1-12(2)8-14(9-13(3,4)18-12)10(15)6-5-7-11(16)17/h5-9H2,1-4H3,(H,16,17). The molecule has 5 nitrogen and oxygen atoms in total. The number of hydrogen-bond donors (Lipinski definition) is 1. The Morgan fingerprint density at radius 3 is 2.06 bits per heavy atom. The molecule has 5 heteroatoms. The summed E-state index contributed by atoms with van der Waals surface area (Å²) in [6.07, 6.45) is 0.730. The van der Waals surface area contributed by atoms with Gasteiger partial charge in [-0.25, -0.2) is 0 Å². The van der Waals surface area contributed by atoms with Crippen LogP contribution in [0.5, 0.6) is 0 Å². The first kappa shape index (κ1) is 15.0. The largest absolute Gasteiger partial charge is 0.481 e. The van der Waals surface area contributed by atoms with Crippen molar-refractivity contribution in [2.24, 2.45) is 0 Å². The Hall–Kier alpha value is -1.10. The second-order valence-corrected chi connectivity index (χ2v) is 6.12. The molecule has 1 aliphatic rings. The summed E-state index contributed by atoms with van der Waals surface area (Å²) in [5, 5.41) is 8.56. The van der Waals surface area contributed by atoms with Crippen molar-refractivity contribution in [1.29, 1.82) is 0 Å². The maximum absolute atomic E-state index is 12.0. The fraction of sp³-hybridized carbons (Fsp3) is 0.846. The van der Waals surface area contributed by atoms with Gasteiger partial charge in [-0.05, 0) is 34.1 Å². The number of amides is 1. The van der Waals surface area contributed by atoms with Gasteiger partial charge in [-0.2, -0.15) is 0 Å². The van der Waals surface area contributed by atoms with Crippen LogP contribution in [0.1, 0.15) is 47.0 Å². The molecule has 0 aromatic rings. The molecule has 1 rings (SSSR count). The molecule has 0 aromatic heterocycles. The van der Waals surface area contributed by atoms with E-state index in [0.717, 1.165) is 0 Å². The number of carboxylic acid groups (broad SMARTS) is 1. The average molecular weight is 257 g/mol. The van der Waals surface area contributed by atoms with Gasteiger partial charge in [0.1, 0.15) is 0 Å². The van der Waals surface area contributed by atoms with Crippen molar-refractivity contribution in [2.45, 2.75) is 58.2 Å². The van der Waals surface area contributed by atoms with Crippen LogP contribution in [0.2, 0.25) is 0 Å². The van der Waals surface area contributed by atoms with Gasteiger partial charge >= 0.3 is 5.97 Å². The average Bonchev–Trinajstić information content (AvgIpc) is 2.11. The van der Waals surface area contributed by atoms with Gasteiger partial charge in [0.2, 0.25) is 5.91 Å². The van der Waals surface area contributed by atoms with Gasteiger partial charge < -0.3 is 14.7 Å². The highest BCUT2D eigenvalue weighted by molar-refractivity contribution is 5.77. The highest BCUT2D eigenvalue weighted by Gasteiger charge is 2.39. The van der Waals surface area contributed by atoms with Crippen molar-refractivity contribution in [1.82, 2.24) is 4.90 Å². The van der Waals surface area contributed by atoms with Crippen LogP contribution >= 0.6 is 0 Å². The van der Waals surface area contributed by atoms with Gasteiger partial charge in [0.05, 0.1) is 11.2 Å². The molecule has 0 saturated carbocycles. The van der Waals surface area contributed by atoms with Crippen LogP contribution in [0.25, 0.3) is 0 Å². The Balaban J connectivity index is 2.54. The van der Waals surface area contributed by atoms with Gasteiger partial charge in [0.15, 0.2) is 0 Å². The number of nitrogens with zero attached hydrogens (tertiary/aromatic N) is 1. The summed E-state index contributed by atoms with van der Waals surface area (Å²) in [6.45, 7) is 8.97. The van der Waals surface area contributed by atoms with E-state index in [4.69, 9.17) is 9.84 Å². The van der Waals surface area contributed by atoms with Crippen LogP contribution in [0.15, 0.2) is 0 Å². The number of ether oxygens (including phenoxy) is 1. The third-order valence-electron chi connectivity index (χ3n) is 2.83. The summed E-state index contributed by atoms with van der Waals surface area (Å²) >= 11 is 0. The van der Waals surface area contributed by atoms with E-state index in [9.17, 15) is 9.59 Å². The van der Waals surface area contributed by atoms with Gasteiger partial charge in [-0.3, -0.25) is 9.59 Å². The van der Waals surface area contributed by atoms with E-state index in [1.54, 1.807) is 4.90 Å². The zero-order chi connectivity index (χ0) is 14.0. The van der Waals surface area contributed by atoms with E-state index < -0.39 is 5.97 Å². The minimum absolute atomic E-state index is 0.0145. The number of hydrogen-bond acceptors (Lipinski definition) is 3. The van der Waals surface area contributed by atoms with Gasteiger partial charge in [-0.1, -0.05) is 0 Å². The topological polar surface area (TPSA) is 66.8 Å². The van der Waals surface area contributed by atoms with Crippen LogP contribution in [-0.2, 0) is 14.3 Å². The van der Waals surface area contributed by atoms with Crippen LogP contribution < -0.4 is 0 Å². The summed E-state index contributed by atoms with van der Waals surface area (Å²) in [4.78, 5) is 24.2. The SMILES string of the molecule is CC1(C)CN(C(=O)CCCC(=O)O)CC(C)(C)O1. The predicted octanol–water partition coefficient (Wildman–Crippen LogP) is 1.66. The van der Waals surface area contributed by atoms with E-state index in [2.05, 4.69) is 0 Å². The number of morpholine rings is 1. The normalized spacial score (nSPS) is 21.7.